The largest absolute Gasteiger partial charge is 0.493 e. The summed E-state index contributed by atoms with van der Waals surface area (Å²) in [7, 11) is 2.08. The molecule has 1 heterocycles. The maximum Gasteiger partial charge on any atom is 0.122 e. The van der Waals surface area contributed by atoms with E-state index in [-0.39, 0.29) is 0 Å². The molecule has 1 atom stereocenters. The summed E-state index contributed by atoms with van der Waals surface area (Å²) in [6, 6.07) is 7.23. The Labute approximate surface area is 123 Å². The molecule has 1 aromatic carbocycles. The molecule has 0 spiro atoms. The van der Waals surface area contributed by atoms with E-state index < -0.39 is 0 Å². The summed E-state index contributed by atoms with van der Waals surface area (Å²) < 4.78 is 5.70. The van der Waals surface area contributed by atoms with Gasteiger partial charge in [-0.05, 0) is 43.5 Å². The average Bonchev–Trinajstić information content (AvgIpc) is 2.50. The fraction of sp³-hybridized carbons (Fsp3) is 0.667. The fourth-order valence-corrected chi connectivity index (χ4v) is 3.03. The van der Waals surface area contributed by atoms with E-state index in [4.69, 9.17) is 4.74 Å². The van der Waals surface area contributed by atoms with Crippen LogP contribution in [0.15, 0.2) is 18.2 Å². The molecule has 1 aliphatic rings. The lowest BCUT2D eigenvalue weighted by atomic mass is 9.96. The molecule has 2 heteroatoms. The van der Waals surface area contributed by atoms with Gasteiger partial charge in [0.05, 0.1) is 6.61 Å². The van der Waals surface area contributed by atoms with E-state index in [9.17, 15) is 0 Å². The highest BCUT2D eigenvalue weighted by Gasteiger charge is 2.14. The van der Waals surface area contributed by atoms with E-state index in [0.717, 1.165) is 25.2 Å². The predicted molar refractivity (Wildman–Crippen MR) is 85.4 cm³/mol. The molecule has 0 saturated carbocycles. The monoisotopic (exact) mass is 275 g/mol. The van der Waals surface area contributed by atoms with Crippen molar-refractivity contribution in [1.82, 2.24) is 5.32 Å². The minimum atomic E-state index is 0.490. The van der Waals surface area contributed by atoms with Gasteiger partial charge in [0.2, 0.25) is 0 Å². The molecule has 0 aliphatic carbocycles. The van der Waals surface area contributed by atoms with Gasteiger partial charge in [-0.15, -0.1) is 0 Å². The summed E-state index contributed by atoms with van der Waals surface area (Å²) in [5.41, 5.74) is 2.81. The van der Waals surface area contributed by atoms with E-state index >= 15 is 0 Å². The van der Waals surface area contributed by atoms with Crippen LogP contribution in [0.5, 0.6) is 5.75 Å². The van der Waals surface area contributed by atoms with Crippen molar-refractivity contribution in [2.24, 2.45) is 0 Å². The average molecular weight is 275 g/mol. The highest BCUT2D eigenvalue weighted by atomic mass is 16.5. The van der Waals surface area contributed by atoms with Crippen LogP contribution in [0.4, 0.5) is 0 Å². The molecule has 0 radical (unpaired) electrons. The highest BCUT2D eigenvalue weighted by molar-refractivity contribution is 5.39. The SMILES string of the molecule is CCCCCCCC(NC)c1ccc2c(c1)CCCO2. The Bertz CT molecular complexity index is 402. The minimum Gasteiger partial charge on any atom is -0.493 e. The summed E-state index contributed by atoms with van der Waals surface area (Å²) in [6.45, 7) is 3.14. The Morgan fingerprint density at radius 2 is 2.05 bits per heavy atom. The molecular weight excluding hydrogens is 246 g/mol. The molecule has 20 heavy (non-hydrogen) atoms. The van der Waals surface area contributed by atoms with Gasteiger partial charge in [0.25, 0.3) is 0 Å². The van der Waals surface area contributed by atoms with Crippen molar-refractivity contribution < 1.29 is 4.74 Å². The van der Waals surface area contributed by atoms with Gasteiger partial charge in [-0.1, -0.05) is 51.2 Å². The van der Waals surface area contributed by atoms with Crippen LogP contribution in [0.3, 0.4) is 0 Å². The number of benzene rings is 1. The molecule has 2 rings (SSSR count). The number of aryl methyl sites for hydroxylation is 1. The van der Waals surface area contributed by atoms with Gasteiger partial charge < -0.3 is 10.1 Å². The van der Waals surface area contributed by atoms with Crippen molar-refractivity contribution in [2.75, 3.05) is 13.7 Å². The van der Waals surface area contributed by atoms with Gasteiger partial charge in [-0.3, -0.25) is 0 Å². The molecule has 1 aromatic rings. The van der Waals surface area contributed by atoms with Gasteiger partial charge in [-0.25, -0.2) is 0 Å². The van der Waals surface area contributed by atoms with E-state index in [2.05, 4.69) is 37.5 Å². The van der Waals surface area contributed by atoms with E-state index in [1.165, 1.54) is 49.7 Å². The summed E-state index contributed by atoms with van der Waals surface area (Å²) in [5, 5.41) is 3.48. The fourth-order valence-electron chi connectivity index (χ4n) is 3.03. The topological polar surface area (TPSA) is 21.3 Å². The number of fused-ring (bicyclic) bond motifs is 1. The van der Waals surface area contributed by atoms with Gasteiger partial charge in [-0.2, -0.15) is 0 Å². The first-order valence-electron chi connectivity index (χ1n) is 8.28. The quantitative estimate of drug-likeness (QED) is 0.698. The molecule has 112 valence electrons. The third kappa shape index (κ3) is 4.24. The summed E-state index contributed by atoms with van der Waals surface area (Å²) >= 11 is 0. The molecule has 1 unspecified atom stereocenters. The van der Waals surface area contributed by atoms with Crippen molar-refractivity contribution in [2.45, 2.75) is 64.3 Å². The Hall–Kier alpha value is -1.02. The molecule has 1 N–H and O–H groups in total. The summed E-state index contributed by atoms with van der Waals surface area (Å²) in [4.78, 5) is 0. The zero-order valence-corrected chi connectivity index (χ0v) is 13.1. The molecule has 0 fully saturated rings. The van der Waals surface area contributed by atoms with Crippen LogP contribution in [0, 0.1) is 0 Å². The minimum absolute atomic E-state index is 0.490. The number of ether oxygens (including phenoxy) is 1. The molecule has 1 aliphatic heterocycles. The second-order valence-electron chi connectivity index (χ2n) is 5.86. The lowest BCUT2D eigenvalue weighted by Gasteiger charge is -2.21. The van der Waals surface area contributed by atoms with E-state index in [1.807, 2.05) is 0 Å². The van der Waals surface area contributed by atoms with Crippen LogP contribution in [0.2, 0.25) is 0 Å². The van der Waals surface area contributed by atoms with E-state index in [1.54, 1.807) is 0 Å². The van der Waals surface area contributed by atoms with Crippen molar-refractivity contribution in [3.05, 3.63) is 29.3 Å². The normalized spacial score (nSPS) is 15.5. The zero-order valence-electron chi connectivity index (χ0n) is 13.1. The Morgan fingerprint density at radius 3 is 2.85 bits per heavy atom. The number of hydrogen-bond donors (Lipinski definition) is 1. The van der Waals surface area contributed by atoms with Gasteiger partial charge in [0.1, 0.15) is 5.75 Å². The molecule has 0 saturated heterocycles. The third-order valence-electron chi connectivity index (χ3n) is 4.28. The smallest absolute Gasteiger partial charge is 0.122 e. The Balaban J connectivity index is 1.90. The van der Waals surface area contributed by atoms with Crippen LogP contribution >= 0.6 is 0 Å². The number of hydrogen-bond acceptors (Lipinski definition) is 2. The molecule has 0 amide bonds. The maximum absolute atomic E-state index is 5.70. The van der Waals surface area contributed by atoms with Crippen LogP contribution in [-0.4, -0.2) is 13.7 Å². The number of rotatable bonds is 8. The lowest BCUT2D eigenvalue weighted by molar-refractivity contribution is 0.288. The standard InChI is InChI=1S/C18H29NO/c1-3-4-5-6-7-10-17(19-2)15-11-12-18-16(14-15)9-8-13-20-18/h11-12,14,17,19H,3-10,13H2,1-2H3. The van der Waals surface area contributed by atoms with Crippen molar-refractivity contribution >= 4 is 0 Å². The molecule has 0 bridgehead atoms. The predicted octanol–water partition coefficient (Wildman–Crippen LogP) is 4.63. The summed E-state index contributed by atoms with van der Waals surface area (Å²) in [5.74, 6) is 1.10. The molecular formula is C18H29NO. The van der Waals surface area contributed by atoms with Gasteiger partial charge in [0.15, 0.2) is 0 Å². The van der Waals surface area contributed by atoms with Crippen molar-refractivity contribution in [1.29, 1.82) is 0 Å². The molecule has 2 nitrogen and oxygen atoms in total. The summed E-state index contributed by atoms with van der Waals surface area (Å²) in [6.07, 6.45) is 10.3. The zero-order chi connectivity index (χ0) is 14.2. The van der Waals surface area contributed by atoms with E-state index in [0.29, 0.717) is 6.04 Å². The number of unbranched alkanes of at least 4 members (excludes halogenated alkanes) is 4. The molecule has 0 aromatic heterocycles. The Kier molecular flexibility index (Phi) is 6.38. The third-order valence-corrected chi connectivity index (χ3v) is 4.28. The second-order valence-corrected chi connectivity index (χ2v) is 5.86. The van der Waals surface area contributed by atoms with Crippen LogP contribution in [0.25, 0.3) is 0 Å². The maximum atomic E-state index is 5.70. The lowest BCUT2D eigenvalue weighted by Crippen LogP contribution is -2.17. The van der Waals surface area contributed by atoms with Crippen LogP contribution in [0.1, 0.15) is 69.0 Å². The second kappa shape index (κ2) is 8.31. The van der Waals surface area contributed by atoms with Crippen molar-refractivity contribution in [3.8, 4) is 5.75 Å². The first-order chi connectivity index (χ1) is 9.85. The van der Waals surface area contributed by atoms with Gasteiger partial charge in [0, 0.05) is 6.04 Å². The Morgan fingerprint density at radius 1 is 1.20 bits per heavy atom. The van der Waals surface area contributed by atoms with Crippen LogP contribution in [-0.2, 0) is 6.42 Å². The van der Waals surface area contributed by atoms with Gasteiger partial charge >= 0.3 is 0 Å². The first kappa shape index (κ1) is 15.4. The van der Waals surface area contributed by atoms with Crippen molar-refractivity contribution in [3.63, 3.8) is 0 Å². The first-order valence-corrected chi connectivity index (χ1v) is 8.28. The van der Waals surface area contributed by atoms with Crippen LogP contribution < -0.4 is 10.1 Å². The highest BCUT2D eigenvalue weighted by Crippen LogP contribution is 2.29. The number of nitrogens with one attached hydrogen (secondary N) is 1.